The van der Waals surface area contributed by atoms with Crippen LogP contribution in [0.3, 0.4) is 0 Å². The number of pyridine rings is 1. The molecule has 146 valence electrons. The summed E-state index contributed by atoms with van der Waals surface area (Å²) in [5, 5.41) is 7.16. The van der Waals surface area contributed by atoms with Gasteiger partial charge in [0.25, 0.3) is 5.91 Å². The lowest BCUT2D eigenvalue weighted by atomic mass is 10.2. The quantitative estimate of drug-likeness (QED) is 0.551. The molecule has 2 aromatic carbocycles. The number of aryl methyl sites for hydroxylation is 2. The molecule has 0 unspecified atom stereocenters. The topological polar surface area (TPSA) is 77.6 Å². The van der Waals surface area contributed by atoms with Gasteiger partial charge < -0.3 is 10.1 Å². The summed E-state index contributed by atoms with van der Waals surface area (Å²) in [6.07, 6.45) is 2.22. The first-order valence-electron chi connectivity index (χ1n) is 9.22. The van der Waals surface area contributed by atoms with Crippen molar-refractivity contribution in [2.75, 3.05) is 12.4 Å². The molecule has 4 rings (SSSR count). The highest BCUT2D eigenvalue weighted by Crippen LogP contribution is 2.16. The number of amides is 1. The summed E-state index contributed by atoms with van der Waals surface area (Å²) in [6, 6.07) is 20.3. The van der Waals surface area contributed by atoms with Gasteiger partial charge in [0.2, 0.25) is 0 Å². The van der Waals surface area contributed by atoms with Crippen LogP contribution in [0, 0.1) is 0 Å². The van der Waals surface area contributed by atoms with Crippen molar-refractivity contribution in [2.24, 2.45) is 0 Å². The molecule has 0 spiro atoms. The van der Waals surface area contributed by atoms with E-state index >= 15 is 0 Å². The minimum Gasteiger partial charge on any atom is -0.497 e. The molecule has 0 radical (unpaired) electrons. The average Bonchev–Trinajstić information content (AvgIpc) is 3.08. The number of anilines is 1. The lowest BCUT2D eigenvalue weighted by Crippen LogP contribution is -2.22. The van der Waals surface area contributed by atoms with Crippen LogP contribution in [0.15, 0.2) is 77.7 Å². The molecule has 1 N–H and O–H groups in total. The SMILES string of the molecule is COc1ccc(NC(=O)c2ccc3nn(CCc4ccccc4)c(=O)n3c2)cc1. The number of carbonyl (C=O) groups is 1. The van der Waals surface area contributed by atoms with Crippen LogP contribution in [-0.2, 0) is 13.0 Å². The van der Waals surface area contributed by atoms with Crippen molar-refractivity contribution in [1.29, 1.82) is 0 Å². The Labute approximate surface area is 167 Å². The van der Waals surface area contributed by atoms with Gasteiger partial charge in [0, 0.05) is 11.9 Å². The molecule has 0 atom stereocenters. The number of carbonyl (C=O) groups excluding carboxylic acids is 1. The summed E-state index contributed by atoms with van der Waals surface area (Å²) in [5.41, 5.74) is 2.38. The Morgan fingerprint density at radius 1 is 1.03 bits per heavy atom. The number of ether oxygens (including phenoxy) is 1. The first kappa shape index (κ1) is 18.5. The zero-order valence-electron chi connectivity index (χ0n) is 15.9. The number of rotatable bonds is 6. The second-order valence-electron chi connectivity index (χ2n) is 6.57. The van der Waals surface area contributed by atoms with E-state index in [1.807, 2.05) is 30.3 Å². The van der Waals surface area contributed by atoms with Crippen LogP contribution >= 0.6 is 0 Å². The van der Waals surface area contributed by atoms with Crippen LogP contribution in [0.1, 0.15) is 15.9 Å². The second-order valence-corrected chi connectivity index (χ2v) is 6.57. The van der Waals surface area contributed by atoms with Gasteiger partial charge in [-0.15, -0.1) is 5.10 Å². The molecule has 4 aromatic rings. The monoisotopic (exact) mass is 388 g/mol. The molecule has 0 saturated carbocycles. The highest BCUT2D eigenvalue weighted by atomic mass is 16.5. The number of nitrogens with one attached hydrogen (secondary N) is 1. The third kappa shape index (κ3) is 4.03. The van der Waals surface area contributed by atoms with Gasteiger partial charge in [0.05, 0.1) is 19.2 Å². The van der Waals surface area contributed by atoms with Gasteiger partial charge in [0.1, 0.15) is 5.75 Å². The van der Waals surface area contributed by atoms with Crippen molar-refractivity contribution in [3.8, 4) is 5.75 Å². The van der Waals surface area contributed by atoms with Gasteiger partial charge in [0.15, 0.2) is 5.65 Å². The van der Waals surface area contributed by atoms with E-state index in [1.54, 1.807) is 43.5 Å². The molecule has 2 heterocycles. The van der Waals surface area contributed by atoms with Gasteiger partial charge in [-0.25, -0.2) is 13.9 Å². The largest absolute Gasteiger partial charge is 0.497 e. The van der Waals surface area contributed by atoms with E-state index in [9.17, 15) is 9.59 Å². The Morgan fingerprint density at radius 3 is 2.52 bits per heavy atom. The minimum absolute atomic E-state index is 0.268. The number of hydrogen-bond acceptors (Lipinski definition) is 4. The van der Waals surface area contributed by atoms with E-state index in [2.05, 4.69) is 10.4 Å². The number of fused-ring (bicyclic) bond motifs is 1. The smallest absolute Gasteiger partial charge is 0.350 e. The van der Waals surface area contributed by atoms with E-state index in [0.717, 1.165) is 5.56 Å². The molecule has 0 saturated heterocycles. The van der Waals surface area contributed by atoms with Crippen molar-refractivity contribution in [3.63, 3.8) is 0 Å². The molecular formula is C22H20N4O3. The van der Waals surface area contributed by atoms with Gasteiger partial charge in [-0.3, -0.25) is 4.79 Å². The maximum atomic E-state index is 12.7. The number of nitrogens with zero attached hydrogens (tertiary/aromatic N) is 3. The summed E-state index contributed by atoms with van der Waals surface area (Å²) >= 11 is 0. The summed E-state index contributed by atoms with van der Waals surface area (Å²) in [4.78, 5) is 25.2. The molecule has 1 amide bonds. The number of benzene rings is 2. The van der Waals surface area contributed by atoms with Crippen molar-refractivity contribution in [3.05, 3.63) is 94.5 Å². The Morgan fingerprint density at radius 2 is 1.79 bits per heavy atom. The highest BCUT2D eigenvalue weighted by molar-refractivity contribution is 6.04. The van der Waals surface area contributed by atoms with Crippen LogP contribution in [-0.4, -0.2) is 27.2 Å². The van der Waals surface area contributed by atoms with E-state index in [4.69, 9.17) is 4.74 Å². The van der Waals surface area contributed by atoms with E-state index < -0.39 is 0 Å². The Hall–Kier alpha value is -3.87. The molecule has 7 heteroatoms. The van der Waals surface area contributed by atoms with Crippen molar-refractivity contribution >= 4 is 17.2 Å². The van der Waals surface area contributed by atoms with Gasteiger partial charge >= 0.3 is 5.69 Å². The Bertz CT molecular complexity index is 1190. The van der Waals surface area contributed by atoms with Crippen molar-refractivity contribution in [1.82, 2.24) is 14.2 Å². The molecule has 29 heavy (non-hydrogen) atoms. The molecule has 0 aliphatic carbocycles. The second kappa shape index (κ2) is 8.02. The lowest BCUT2D eigenvalue weighted by Gasteiger charge is -2.06. The van der Waals surface area contributed by atoms with E-state index in [-0.39, 0.29) is 11.6 Å². The third-order valence-electron chi connectivity index (χ3n) is 4.64. The lowest BCUT2D eigenvalue weighted by molar-refractivity contribution is 0.102. The fourth-order valence-electron chi connectivity index (χ4n) is 3.06. The molecule has 0 aliphatic heterocycles. The maximum absolute atomic E-state index is 12.7. The standard InChI is InChI=1S/C22H20N4O3/c1-29-19-10-8-18(9-11-19)23-21(27)17-7-12-20-24-26(22(28)25(20)15-17)14-13-16-5-3-2-4-6-16/h2-12,15H,13-14H2,1H3,(H,23,27). The predicted molar refractivity (Wildman–Crippen MR) is 111 cm³/mol. The minimum atomic E-state index is -0.305. The van der Waals surface area contributed by atoms with E-state index in [0.29, 0.717) is 35.6 Å². The zero-order chi connectivity index (χ0) is 20.2. The number of aromatic nitrogens is 3. The molecule has 0 aliphatic rings. The predicted octanol–water partition coefficient (Wildman–Crippen LogP) is 3.00. The summed E-state index contributed by atoms with van der Waals surface area (Å²) < 4.78 is 7.93. The van der Waals surface area contributed by atoms with Gasteiger partial charge in [-0.2, -0.15) is 0 Å². The molecular weight excluding hydrogens is 368 g/mol. The van der Waals surface area contributed by atoms with Crippen LogP contribution in [0.25, 0.3) is 5.65 Å². The van der Waals surface area contributed by atoms with Crippen LogP contribution in [0.4, 0.5) is 5.69 Å². The van der Waals surface area contributed by atoms with E-state index in [1.165, 1.54) is 15.3 Å². The first-order chi connectivity index (χ1) is 14.1. The van der Waals surface area contributed by atoms with Crippen LogP contribution < -0.4 is 15.7 Å². The Balaban J connectivity index is 1.53. The van der Waals surface area contributed by atoms with Gasteiger partial charge in [-0.1, -0.05) is 30.3 Å². The third-order valence-corrected chi connectivity index (χ3v) is 4.64. The Kier molecular flexibility index (Phi) is 5.11. The summed E-state index contributed by atoms with van der Waals surface area (Å²) in [6.45, 7) is 0.470. The molecule has 0 fully saturated rings. The maximum Gasteiger partial charge on any atom is 0.350 e. The fraction of sp³-hybridized carbons (Fsp3) is 0.136. The highest BCUT2D eigenvalue weighted by Gasteiger charge is 2.12. The number of methoxy groups -OCH3 is 1. The summed E-state index contributed by atoms with van der Waals surface area (Å²) in [5.74, 6) is 0.403. The van der Waals surface area contributed by atoms with Crippen molar-refractivity contribution < 1.29 is 9.53 Å². The normalized spacial score (nSPS) is 10.8. The average molecular weight is 388 g/mol. The summed E-state index contributed by atoms with van der Waals surface area (Å²) in [7, 11) is 1.58. The number of hydrogen-bond donors (Lipinski definition) is 1. The van der Waals surface area contributed by atoms with Gasteiger partial charge in [-0.05, 0) is 48.4 Å². The fourth-order valence-corrected chi connectivity index (χ4v) is 3.06. The first-order valence-corrected chi connectivity index (χ1v) is 9.22. The van der Waals surface area contributed by atoms with Crippen LogP contribution in [0.2, 0.25) is 0 Å². The zero-order valence-corrected chi connectivity index (χ0v) is 15.9. The molecule has 2 aromatic heterocycles. The van der Waals surface area contributed by atoms with Crippen LogP contribution in [0.5, 0.6) is 5.75 Å². The van der Waals surface area contributed by atoms with Crippen molar-refractivity contribution in [2.45, 2.75) is 13.0 Å². The molecule has 0 bridgehead atoms. The molecule has 7 nitrogen and oxygen atoms in total.